The maximum atomic E-state index is 5.16. The number of hydrazone groups is 1. The molecule has 0 aliphatic rings. The number of thiocarbonyl (C=S) groups is 1. The molecule has 0 amide bonds. The highest BCUT2D eigenvalue weighted by molar-refractivity contribution is 7.80. The first-order valence-electron chi connectivity index (χ1n) is 6.62. The molecule has 0 aromatic heterocycles. The molecule has 2 aromatic rings. The Bertz CT molecular complexity index is 634. The number of hydrogen-bond acceptors (Lipinski definition) is 2. The SMILES string of the molecule is CC(/C=N/NC(=S)Nc1ccccc1)=C\c1ccccc1. The van der Waals surface area contributed by atoms with E-state index in [2.05, 4.69) is 21.9 Å². The maximum absolute atomic E-state index is 5.16. The van der Waals surface area contributed by atoms with Gasteiger partial charge in [-0.1, -0.05) is 54.6 Å². The lowest BCUT2D eigenvalue weighted by atomic mass is 10.1. The summed E-state index contributed by atoms with van der Waals surface area (Å²) in [4.78, 5) is 0. The second-order valence-electron chi connectivity index (χ2n) is 4.49. The Labute approximate surface area is 130 Å². The Morgan fingerprint density at radius 2 is 1.62 bits per heavy atom. The van der Waals surface area contributed by atoms with E-state index in [0.717, 1.165) is 16.8 Å². The molecule has 0 fully saturated rings. The average Bonchev–Trinajstić information content (AvgIpc) is 2.49. The summed E-state index contributed by atoms with van der Waals surface area (Å²) in [6.45, 7) is 1.99. The predicted molar refractivity (Wildman–Crippen MR) is 94.4 cm³/mol. The second kappa shape index (κ2) is 7.97. The van der Waals surface area contributed by atoms with Crippen LogP contribution >= 0.6 is 12.2 Å². The van der Waals surface area contributed by atoms with Gasteiger partial charge >= 0.3 is 0 Å². The Morgan fingerprint density at radius 3 is 2.29 bits per heavy atom. The van der Waals surface area contributed by atoms with E-state index in [4.69, 9.17) is 12.2 Å². The maximum Gasteiger partial charge on any atom is 0.191 e. The summed E-state index contributed by atoms with van der Waals surface area (Å²) < 4.78 is 0. The molecule has 0 bridgehead atoms. The van der Waals surface area contributed by atoms with Crippen LogP contribution in [0.3, 0.4) is 0 Å². The zero-order valence-electron chi connectivity index (χ0n) is 11.8. The largest absolute Gasteiger partial charge is 0.331 e. The summed E-state index contributed by atoms with van der Waals surface area (Å²) in [5.41, 5.74) is 5.91. The van der Waals surface area contributed by atoms with E-state index >= 15 is 0 Å². The lowest BCUT2D eigenvalue weighted by Crippen LogP contribution is -2.23. The van der Waals surface area contributed by atoms with Crippen LogP contribution in [0, 0.1) is 0 Å². The number of nitrogens with zero attached hydrogens (tertiary/aromatic N) is 1. The smallest absolute Gasteiger partial charge is 0.191 e. The number of hydrogen-bond donors (Lipinski definition) is 2. The van der Waals surface area contributed by atoms with Crippen LogP contribution in [0.5, 0.6) is 0 Å². The normalized spacial score (nSPS) is 11.4. The molecular weight excluding hydrogens is 278 g/mol. The number of para-hydroxylation sites is 1. The van der Waals surface area contributed by atoms with Crippen LogP contribution in [0.25, 0.3) is 6.08 Å². The van der Waals surface area contributed by atoms with E-state index < -0.39 is 0 Å². The van der Waals surface area contributed by atoms with Gasteiger partial charge in [0, 0.05) is 5.69 Å². The van der Waals surface area contributed by atoms with E-state index in [1.165, 1.54) is 0 Å². The van der Waals surface area contributed by atoms with Crippen LogP contribution in [0.4, 0.5) is 5.69 Å². The highest BCUT2D eigenvalue weighted by Gasteiger charge is 1.94. The molecule has 4 heteroatoms. The molecule has 2 aromatic carbocycles. The highest BCUT2D eigenvalue weighted by atomic mass is 32.1. The van der Waals surface area contributed by atoms with Gasteiger partial charge in [0.05, 0.1) is 6.21 Å². The minimum Gasteiger partial charge on any atom is -0.331 e. The van der Waals surface area contributed by atoms with Crippen molar-refractivity contribution in [1.82, 2.24) is 5.43 Å². The molecule has 0 aliphatic carbocycles. The Balaban J connectivity index is 1.84. The fourth-order valence-corrected chi connectivity index (χ4v) is 1.89. The van der Waals surface area contributed by atoms with Gasteiger partial charge in [0.2, 0.25) is 0 Å². The van der Waals surface area contributed by atoms with Gasteiger partial charge in [0.15, 0.2) is 5.11 Å². The number of nitrogens with one attached hydrogen (secondary N) is 2. The Hall–Kier alpha value is -2.46. The third-order valence-electron chi connectivity index (χ3n) is 2.66. The van der Waals surface area contributed by atoms with Crippen molar-refractivity contribution in [3.8, 4) is 0 Å². The summed E-state index contributed by atoms with van der Waals surface area (Å²) in [6, 6.07) is 19.8. The van der Waals surface area contributed by atoms with Gasteiger partial charge in [-0.25, -0.2) is 0 Å². The molecule has 3 nitrogen and oxygen atoms in total. The monoisotopic (exact) mass is 295 g/mol. The fourth-order valence-electron chi connectivity index (χ4n) is 1.72. The van der Waals surface area contributed by atoms with Crippen LogP contribution in [0.2, 0.25) is 0 Å². The van der Waals surface area contributed by atoms with Crippen molar-refractivity contribution in [2.24, 2.45) is 5.10 Å². The third kappa shape index (κ3) is 5.58. The van der Waals surface area contributed by atoms with Crippen molar-refractivity contribution < 1.29 is 0 Å². The van der Waals surface area contributed by atoms with Crippen LogP contribution in [0.15, 0.2) is 71.3 Å². The summed E-state index contributed by atoms with van der Waals surface area (Å²) in [5, 5.41) is 7.63. The molecule has 0 radical (unpaired) electrons. The molecule has 0 aliphatic heterocycles. The third-order valence-corrected chi connectivity index (χ3v) is 2.85. The molecule has 0 atom stereocenters. The van der Waals surface area contributed by atoms with Gasteiger partial charge in [-0.15, -0.1) is 0 Å². The summed E-state index contributed by atoms with van der Waals surface area (Å²) in [5.74, 6) is 0. The topological polar surface area (TPSA) is 36.4 Å². The van der Waals surface area contributed by atoms with Crippen molar-refractivity contribution >= 4 is 35.3 Å². The fraction of sp³-hybridized carbons (Fsp3) is 0.0588. The van der Waals surface area contributed by atoms with Crippen molar-refractivity contribution in [3.63, 3.8) is 0 Å². The first-order chi connectivity index (χ1) is 10.2. The first kappa shape index (κ1) is 14.9. The first-order valence-corrected chi connectivity index (χ1v) is 7.03. The van der Waals surface area contributed by atoms with Crippen LogP contribution in [0.1, 0.15) is 12.5 Å². The molecule has 0 saturated heterocycles. The van der Waals surface area contributed by atoms with E-state index in [-0.39, 0.29) is 0 Å². The van der Waals surface area contributed by atoms with Gasteiger partial charge in [-0.05, 0) is 42.4 Å². The lowest BCUT2D eigenvalue weighted by Gasteiger charge is -2.06. The molecule has 106 valence electrons. The highest BCUT2D eigenvalue weighted by Crippen LogP contribution is 2.05. The standard InChI is InChI=1S/C17H17N3S/c1-14(12-15-8-4-2-5-9-15)13-18-20-17(21)19-16-10-6-3-7-11-16/h2-13H,1H3,(H2,19,20,21)/b14-12+,18-13+. The molecule has 2 N–H and O–H groups in total. The van der Waals surface area contributed by atoms with Crippen molar-refractivity contribution in [2.45, 2.75) is 6.92 Å². The minimum absolute atomic E-state index is 0.463. The zero-order valence-corrected chi connectivity index (χ0v) is 12.6. The Morgan fingerprint density at radius 1 is 1.00 bits per heavy atom. The van der Waals surface area contributed by atoms with Gasteiger partial charge in [-0.3, -0.25) is 5.43 Å². The van der Waals surface area contributed by atoms with E-state index in [1.54, 1.807) is 6.21 Å². The molecule has 0 unspecified atom stereocenters. The number of benzene rings is 2. The number of rotatable bonds is 4. The van der Waals surface area contributed by atoms with Gasteiger partial charge in [0.25, 0.3) is 0 Å². The van der Waals surface area contributed by atoms with Crippen molar-refractivity contribution in [1.29, 1.82) is 0 Å². The van der Waals surface area contributed by atoms with Crippen molar-refractivity contribution in [3.05, 3.63) is 71.8 Å². The Kier molecular flexibility index (Phi) is 5.67. The van der Waals surface area contributed by atoms with Crippen LogP contribution < -0.4 is 10.7 Å². The summed E-state index contributed by atoms with van der Waals surface area (Å²) in [6.07, 6.45) is 3.80. The van der Waals surface area contributed by atoms with E-state index in [9.17, 15) is 0 Å². The van der Waals surface area contributed by atoms with Crippen molar-refractivity contribution in [2.75, 3.05) is 5.32 Å². The zero-order chi connectivity index (χ0) is 14.9. The molecule has 0 saturated carbocycles. The quantitative estimate of drug-likeness (QED) is 0.507. The minimum atomic E-state index is 0.463. The van der Waals surface area contributed by atoms with E-state index in [0.29, 0.717) is 5.11 Å². The van der Waals surface area contributed by atoms with Gasteiger partial charge in [-0.2, -0.15) is 5.10 Å². The molecule has 21 heavy (non-hydrogen) atoms. The number of anilines is 1. The van der Waals surface area contributed by atoms with Gasteiger partial charge < -0.3 is 5.32 Å². The average molecular weight is 295 g/mol. The predicted octanol–water partition coefficient (Wildman–Crippen LogP) is 4.06. The lowest BCUT2D eigenvalue weighted by molar-refractivity contribution is 1.05. The van der Waals surface area contributed by atoms with Crippen LogP contribution in [-0.2, 0) is 0 Å². The molecule has 2 rings (SSSR count). The molecular formula is C17H17N3S. The molecule has 0 heterocycles. The van der Waals surface area contributed by atoms with Gasteiger partial charge in [0.1, 0.15) is 0 Å². The molecule has 0 spiro atoms. The van der Waals surface area contributed by atoms with Crippen LogP contribution in [-0.4, -0.2) is 11.3 Å². The van der Waals surface area contributed by atoms with E-state index in [1.807, 2.05) is 67.6 Å². The number of allylic oxidation sites excluding steroid dienone is 1. The summed E-state index contributed by atoms with van der Waals surface area (Å²) >= 11 is 5.16. The second-order valence-corrected chi connectivity index (χ2v) is 4.90. The summed E-state index contributed by atoms with van der Waals surface area (Å²) in [7, 11) is 0.